The predicted molar refractivity (Wildman–Crippen MR) is 78.0 cm³/mol. The van der Waals surface area contributed by atoms with Gasteiger partial charge in [0.1, 0.15) is 11.6 Å². The summed E-state index contributed by atoms with van der Waals surface area (Å²) in [6.45, 7) is 14.2. The van der Waals surface area contributed by atoms with E-state index < -0.39 is 5.60 Å². The van der Waals surface area contributed by atoms with Crippen LogP contribution in [0.15, 0.2) is 0 Å². The Kier molecular flexibility index (Phi) is 5.13. The van der Waals surface area contributed by atoms with Crippen LogP contribution in [0.1, 0.15) is 48.0 Å². The number of thioether (sulfide) groups is 1. The minimum absolute atomic E-state index is 0.104. The number of hydrogen-bond acceptors (Lipinski definition) is 4. The summed E-state index contributed by atoms with van der Waals surface area (Å²) in [4.78, 5) is 14.3. The zero-order valence-electron chi connectivity index (χ0n) is 12.6. The molecule has 0 N–H and O–H groups in total. The minimum atomic E-state index is -0.398. The molecule has 1 unspecified atom stereocenters. The smallest absolute Gasteiger partial charge is 0.323 e. The van der Waals surface area contributed by atoms with Crippen LogP contribution in [-0.2, 0) is 9.53 Å². The maximum absolute atomic E-state index is 12.1. The van der Waals surface area contributed by atoms with Crippen LogP contribution >= 0.6 is 11.8 Å². The second-order valence-electron chi connectivity index (χ2n) is 6.60. The monoisotopic (exact) mass is 273 g/mol. The lowest BCUT2D eigenvalue weighted by Gasteiger charge is -2.29. The molecule has 0 amide bonds. The van der Waals surface area contributed by atoms with Gasteiger partial charge in [-0.1, -0.05) is 13.8 Å². The average Bonchev–Trinajstić information content (AvgIpc) is 2.35. The molecule has 1 aliphatic heterocycles. The van der Waals surface area contributed by atoms with E-state index in [0.717, 1.165) is 25.3 Å². The van der Waals surface area contributed by atoms with Crippen molar-refractivity contribution in [1.82, 2.24) is 4.90 Å². The van der Waals surface area contributed by atoms with Crippen molar-refractivity contribution < 1.29 is 9.53 Å². The van der Waals surface area contributed by atoms with Crippen molar-refractivity contribution in [2.24, 2.45) is 0 Å². The van der Waals surface area contributed by atoms with Crippen molar-refractivity contribution in [2.45, 2.75) is 64.4 Å². The molecule has 0 radical (unpaired) electrons. The van der Waals surface area contributed by atoms with Gasteiger partial charge in [0.05, 0.1) is 0 Å². The van der Waals surface area contributed by atoms with Gasteiger partial charge in [-0.2, -0.15) is 11.8 Å². The first kappa shape index (κ1) is 15.8. The number of rotatable bonds is 2. The van der Waals surface area contributed by atoms with Crippen LogP contribution in [0.25, 0.3) is 0 Å². The second-order valence-corrected chi connectivity index (χ2v) is 8.41. The first-order valence-electron chi connectivity index (χ1n) is 6.72. The van der Waals surface area contributed by atoms with E-state index in [2.05, 4.69) is 18.7 Å². The molecule has 0 aromatic heterocycles. The summed E-state index contributed by atoms with van der Waals surface area (Å²) in [6, 6.07) is -0.140. The fraction of sp³-hybridized carbons (Fsp3) is 0.929. The summed E-state index contributed by atoms with van der Waals surface area (Å²) in [5, 5.41) is 0. The van der Waals surface area contributed by atoms with Gasteiger partial charge in [-0.05, 0) is 34.1 Å². The molecule has 0 aromatic carbocycles. The molecule has 18 heavy (non-hydrogen) atoms. The summed E-state index contributed by atoms with van der Waals surface area (Å²) < 4.78 is 5.78. The van der Waals surface area contributed by atoms with E-state index in [0.29, 0.717) is 4.75 Å². The van der Waals surface area contributed by atoms with Gasteiger partial charge in [-0.25, -0.2) is 0 Å². The van der Waals surface area contributed by atoms with E-state index in [1.54, 1.807) is 0 Å². The maximum atomic E-state index is 12.1. The van der Waals surface area contributed by atoms with Crippen LogP contribution < -0.4 is 0 Å². The third-order valence-electron chi connectivity index (χ3n) is 3.17. The molecule has 1 heterocycles. The van der Waals surface area contributed by atoms with Crippen molar-refractivity contribution >= 4 is 17.7 Å². The van der Waals surface area contributed by atoms with Gasteiger partial charge in [0.2, 0.25) is 0 Å². The van der Waals surface area contributed by atoms with E-state index >= 15 is 0 Å². The Morgan fingerprint density at radius 3 is 2.50 bits per heavy atom. The molecular weight excluding hydrogens is 246 g/mol. The molecule has 1 fully saturated rings. The molecule has 1 atom stereocenters. The van der Waals surface area contributed by atoms with Crippen molar-refractivity contribution in [2.75, 3.05) is 18.8 Å². The highest BCUT2D eigenvalue weighted by Gasteiger charge is 2.30. The van der Waals surface area contributed by atoms with Crippen LogP contribution in [0.3, 0.4) is 0 Å². The molecule has 0 spiro atoms. The Morgan fingerprint density at radius 1 is 1.33 bits per heavy atom. The molecule has 1 rings (SSSR count). The van der Waals surface area contributed by atoms with Gasteiger partial charge >= 0.3 is 5.97 Å². The van der Waals surface area contributed by atoms with Crippen molar-refractivity contribution in [3.63, 3.8) is 0 Å². The van der Waals surface area contributed by atoms with E-state index in [1.807, 2.05) is 39.5 Å². The highest BCUT2D eigenvalue weighted by atomic mass is 32.2. The molecular formula is C14H27NO2S. The summed E-state index contributed by atoms with van der Waals surface area (Å²) in [5.74, 6) is 0.979. The third kappa shape index (κ3) is 5.19. The van der Waals surface area contributed by atoms with Crippen LogP contribution in [0.2, 0.25) is 0 Å². The normalized spacial score (nSPS) is 23.2. The molecule has 0 saturated carbocycles. The molecule has 0 aromatic rings. The topological polar surface area (TPSA) is 29.5 Å². The fourth-order valence-corrected chi connectivity index (χ4v) is 3.07. The molecule has 1 saturated heterocycles. The number of carbonyl (C=O) groups excluding carboxylic acids is 1. The Labute approximate surface area is 116 Å². The van der Waals surface area contributed by atoms with Crippen molar-refractivity contribution in [1.29, 1.82) is 0 Å². The maximum Gasteiger partial charge on any atom is 0.323 e. The highest BCUT2D eigenvalue weighted by molar-refractivity contribution is 8.00. The number of hydrogen-bond donors (Lipinski definition) is 0. The predicted octanol–water partition coefficient (Wildman–Crippen LogP) is 2.93. The lowest BCUT2D eigenvalue weighted by molar-refractivity contribution is -0.160. The third-order valence-corrected chi connectivity index (χ3v) is 4.54. The Morgan fingerprint density at radius 2 is 1.94 bits per heavy atom. The quantitative estimate of drug-likeness (QED) is 0.724. The lowest BCUT2D eigenvalue weighted by atomic mass is 10.1. The van der Waals surface area contributed by atoms with Gasteiger partial charge in [0.25, 0.3) is 0 Å². The van der Waals surface area contributed by atoms with Gasteiger partial charge in [-0.3, -0.25) is 9.69 Å². The van der Waals surface area contributed by atoms with Crippen LogP contribution in [0.5, 0.6) is 0 Å². The number of carbonyl (C=O) groups is 1. The van der Waals surface area contributed by atoms with Gasteiger partial charge < -0.3 is 4.74 Å². The molecule has 3 nitrogen and oxygen atoms in total. The summed E-state index contributed by atoms with van der Waals surface area (Å²) in [6.07, 6.45) is 1.12. The van der Waals surface area contributed by atoms with E-state index in [1.165, 1.54) is 0 Å². The van der Waals surface area contributed by atoms with Gasteiger partial charge in [0, 0.05) is 23.6 Å². The SMILES string of the molecule is CC(C(=O)OC(C)(C)C)N1CCSC(C)(C)CC1. The second kappa shape index (κ2) is 5.83. The standard InChI is InChI=1S/C14H27NO2S/c1-11(12(16)17-13(2,3)4)15-8-7-14(5,6)18-10-9-15/h11H,7-10H2,1-6H3. The highest BCUT2D eigenvalue weighted by Crippen LogP contribution is 2.31. The van der Waals surface area contributed by atoms with Crippen LogP contribution in [0, 0.1) is 0 Å². The van der Waals surface area contributed by atoms with Crippen molar-refractivity contribution in [3.8, 4) is 0 Å². The summed E-state index contributed by atoms with van der Waals surface area (Å²) in [5.41, 5.74) is -0.398. The first-order chi connectivity index (χ1) is 8.11. The minimum Gasteiger partial charge on any atom is -0.459 e. The fourth-order valence-electron chi connectivity index (χ4n) is 1.96. The Hall–Kier alpha value is -0.220. The number of ether oxygens (including phenoxy) is 1. The first-order valence-corrected chi connectivity index (χ1v) is 7.70. The lowest BCUT2D eigenvalue weighted by Crippen LogP contribution is -2.43. The molecule has 0 bridgehead atoms. The zero-order valence-corrected chi connectivity index (χ0v) is 13.4. The zero-order chi connectivity index (χ0) is 14.0. The molecule has 4 heteroatoms. The van der Waals surface area contributed by atoms with Crippen LogP contribution in [0.4, 0.5) is 0 Å². The summed E-state index contributed by atoms with van der Waals surface area (Å²) in [7, 11) is 0. The van der Waals surface area contributed by atoms with E-state index in [9.17, 15) is 4.79 Å². The van der Waals surface area contributed by atoms with Gasteiger partial charge in [-0.15, -0.1) is 0 Å². The summed E-state index contributed by atoms with van der Waals surface area (Å²) >= 11 is 1.99. The van der Waals surface area contributed by atoms with Crippen LogP contribution in [-0.4, -0.2) is 46.1 Å². The van der Waals surface area contributed by atoms with Gasteiger partial charge in [0.15, 0.2) is 0 Å². The van der Waals surface area contributed by atoms with E-state index in [-0.39, 0.29) is 12.0 Å². The Bertz CT molecular complexity index is 297. The molecule has 106 valence electrons. The number of nitrogens with zero attached hydrogens (tertiary/aromatic N) is 1. The van der Waals surface area contributed by atoms with Crippen molar-refractivity contribution in [3.05, 3.63) is 0 Å². The average molecular weight is 273 g/mol. The largest absolute Gasteiger partial charge is 0.459 e. The molecule has 1 aliphatic rings. The number of esters is 1. The Balaban J connectivity index is 2.56. The van der Waals surface area contributed by atoms with E-state index in [4.69, 9.17) is 4.74 Å². The molecule has 0 aliphatic carbocycles.